The van der Waals surface area contributed by atoms with Crippen molar-refractivity contribution in [2.75, 3.05) is 4.90 Å². The molecule has 0 radical (unpaired) electrons. The fraction of sp³-hybridized carbons (Fsp3) is 0.136. The molecule has 0 saturated carbocycles. The van der Waals surface area contributed by atoms with Crippen LogP contribution in [0.4, 0.5) is 5.69 Å². The Kier molecular flexibility index (Phi) is 5.86. The zero-order valence-corrected chi connectivity index (χ0v) is 14.7. The smallest absolute Gasteiger partial charge is 0.226 e. The largest absolute Gasteiger partial charge is 0.363 e. The van der Waals surface area contributed by atoms with Crippen LogP contribution < -0.4 is 4.90 Å². The number of carbonyl (C=O) groups excluding carboxylic acids is 1. The van der Waals surface area contributed by atoms with Crippen LogP contribution in [0.25, 0.3) is 0 Å². The molecule has 0 atom stereocenters. The molecule has 0 aliphatic heterocycles. The van der Waals surface area contributed by atoms with Gasteiger partial charge in [0.15, 0.2) is 0 Å². The minimum atomic E-state index is -0.335. The van der Waals surface area contributed by atoms with E-state index in [-0.39, 0.29) is 11.7 Å². The molecule has 0 aliphatic carbocycles. The number of rotatable bonds is 7. The maximum atomic E-state index is 11.1. The van der Waals surface area contributed by atoms with Crippen molar-refractivity contribution in [1.29, 1.82) is 0 Å². The second-order valence-electron chi connectivity index (χ2n) is 6.03. The standard InChI is InChI=1S/C22H20ClNO/c23-22(25)15-18-11-13-21(14-12-18)24(16-19-7-3-1-4-8-19)17-20-9-5-2-6-10-20/h1-14H,15-17H2. The third kappa shape index (κ3) is 5.20. The van der Waals surface area contributed by atoms with Crippen LogP contribution in [0.1, 0.15) is 16.7 Å². The summed E-state index contributed by atoms with van der Waals surface area (Å²) in [6.07, 6.45) is 0.263. The molecule has 0 fully saturated rings. The fourth-order valence-electron chi connectivity index (χ4n) is 2.83. The monoisotopic (exact) mass is 349 g/mol. The van der Waals surface area contributed by atoms with E-state index in [4.69, 9.17) is 11.6 Å². The molecule has 0 N–H and O–H groups in total. The third-order valence-electron chi connectivity index (χ3n) is 4.08. The quantitative estimate of drug-likeness (QED) is 0.546. The van der Waals surface area contributed by atoms with Gasteiger partial charge >= 0.3 is 0 Å². The van der Waals surface area contributed by atoms with Gasteiger partial charge in [-0.25, -0.2) is 0 Å². The summed E-state index contributed by atoms with van der Waals surface area (Å²) in [5.74, 6) is 0. The molecule has 0 spiro atoms. The Balaban J connectivity index is 1.83. The Morgan fingerprint density at radius 3 is 1.60 bits per heavy atom. The van der Waals surface area contributed by atoms with E-state index in [0.29, 0.717) is 0 Å². The molecule has 3 heteroatoms. The highest BCUT2D eigenvalue weighted by atomic mass is 35.5. The first kappa shape index (κ1) is 17.2. The Hall–Kier alpha value is -2.58. The zero-order chi connectivity index (χ0) is 17.5. The molecule has 0 saturated heterocycles. The minimum absolute atomic E-state index is 0.263. The molecule has 0 aromatic heterocycles. The fourth-order valence-corrected chi connectivity index (χ4v) is 2.99. The van der Waals surface area contributed by atoms with Crippen LogP contribution in [0.2, 0.25) is 0 Å². The number of hydrogen-bond donors (Lipinski definition) is 0. The summed E-state index contributed by atoms with van der Waals surface area (Å²) in [6.45, 7) is 1.65. The van der Waals surface area contributed by atoms with Gasteiger partial charge in [-0.1, -0.05) is 72.8 Å². The summed E-state index contributed by atoms with van der Waals surface area (Å²) in [5, 5.41) is -0.335. The first-order valence-corrected chi connectivity index (χ1v) is 8.68. The van der Waals surface area contributed by atoms with E-state index in [9.17, 15) is 4.79 Å². The molecule has 2 nitrogen and oxygen atoms in total. The Morgan fingerprint density at radius 1 is 0.680 bits per heavy atom. The molecule has 0 unspecified atom stereocenters. The van der Waals surface area contributed by atoms with E-state index in [0.717, 1.165) is 24.3 Å². The van der Waals surface area contributed by atoms with Crippen molar-refractivity contribution in [3.63, 3.8) is 0 Å². The predicted octanol–water partition coefficient (Wildman–Crippen LogP) is 5.20. The van der Waals surface area contributed by atoms with Gasteiger partial charge in [0.1, 0.15) is 0 Å². The first-order chi connectivity index (χ1) is 12.2. The van der Waals surface area contributed by atoms with Crippen molar-refractivity contribution in [3.8, 4) is 0 Å². The Bertz CT molecular complexity index is 759. The molecular formula is C22H20ClNO. The van der Waals surface area contributed by atoms with Crippen LogP contribution in [0, 0.1) is 0 Å². The lowest BCUT2D eigenvalue weighted by molar-refractivity contribution is -0.111. The van der Waals surface area contributed by atoms with Crippen LogP contribution in [0.15, 0.2) is 84.9 Å². The second kappa shape index (κ2) is 8.50. The van der Waals surface area contributed by atoms with E-state index >= 15 is 0 Å². The lowest BCUT2D eigenvalue weighted by Crippen LogP contribution is -2.22. The van der Waals surface area contributed by atoms with Crippen molar-refractivity contribution < 1.29 is 4.79 Å². The number of anilines is 1. The Labute approximate surface area is 153 Å². The summed E-state index contributed by atoms with van der Waals surface area (Å²) in [7, 11) is 0. The van der Waals surface area contributed by atoms with Gasteiger partial charge in [-0.3, -0.25) is 4.79 Å². The lowest BCUT2D eigenvalue weighted by Gasteiger charge is -2.25. The van der Waals surface area contributed by atoms with Crippen LogP contribution in [-0.2, 0) is 24.3 Å². The van der Waals surface area contributed by atoms with Crippen LogP contribution in [-0.4, -0.2) is 5.24 Å². The maximum Gasteiger partial charge on any atom is 0.226 e. The highest BCUT2D eigenvalue weighted by molar-refractivity contribution is 6.63. The van der Waals surface area contributed by atoms with Crippen molar-refractivity contribution in [1.82, 2.24) is 0 Å². The van der Waals surface area contributed by atoms with E-state index in [1.54, 1.807) is 0 Å². The molecule has 0 bridgehead atoms. The molecule has 0 heterocycles. The van der Waals surface area contributed by atoms with Crippen LogP contribution in [0.5, 0.6) is 0 Å². The van der Waals surface area contributed by atoms with Crippen LogP contribution in [0.3, 0.4) is 0 Å². The van der Waals surface area contributed by atoms with E-state index < -0.39 is 0 Å². The lowest BCUT2D eigenvalue weighted by atomic mass is 10.1. The number of benzene rings is 3. The second-order valence-corrected chi connectivity index (χ2v) is 6.45. The summed E-state index contributed by atoms with van der Waals surface area (Å²) in [4.78, 5) is 13.4. The van der Waals surface area contributed by atoms with Gasteiger partial charge in [-0.15, -0.1) is 0 Å². The molecule has 126 valence electrons. The number of hydrogen-bond acceptors (Lipinski definition) is 2. The number of nitrogens with zero attached hydrogens (tertiary/aromatic N) is 1. The van der Waals surface area contributed by atoms with Gasteiger partial charge in [-0.2, -0.15) is 0 Å². The number of carbonyl (C=O) groups is 1. The molecule has 3 aromatic carbocycles. The highest BCUT2D eigenvalue weighted by Gasteiger charge is 2.09. The normalized spacial score (nSPS) is 10.4. The first-order valence-electron chi connectivity index (χ1n) is 8.31. The maximum absolute atomic E-state index is 11.1. The molecule has 3 aromatic rings. The van der Waals surface area contributed by atoms with Crippen molar-refractivity contribution >= 4 is 22.5 Å². The summed E-state index contributed by atoms with van der Waals surface area (Å²) in [5.41, 5.74) is 4.58. The van der Waals surface area contributed by atoms with Gasteiger partial charge in [0.05, 0.1) is 0 Å². The average molecular weight is 350 g/mol. The van der Waals surface area contributed by atoms with Crippen molar-refractivity contribution in [2.24, 2.45) is 0 Å². The van der Waals surface area contributed by atoms with E-state index in [2.05, 4.69) is 65.6 Å². The highest BCUT2D eigenvalue weighted by Crippen LogP contribution is 2.21. The van der Waals surface area contributed by atoms with E-state index in [1.807, 2.05) is 24.3 Å². The van der Waals surface area contributed by atoms with Gasteiger partial charge < -0.3 is 4.90 Å². The average Bonchev–Trinajstić information content (AvgIpc) is 2.63. The van der Waals surface area contributed by atoms with Gasteiger partial charge in [0.25, 0.3) is 0 Å². The summed E-state index contributed by atoms with van der Waals surface area (Å²) >= 11 is 5.48. The third-order valence-corrected chi connectivity index (χ3v) is 4.21. The summed E-state index contributed by atoms with van der Waals surface area (Å²) < 4.78 is 0. The van der Waals surface area contributed by atoms with Gasteiger partial charge in [0, 0.05) is 25.2 Å². The molecule has 0 amide bonds. The van der Waals surface area contributed by atoms with E-state index in [1.165, 1.54) is 11.1 Å². The minimum Gasteiger partial charge on any atom is -0.363 e. The van der Waals surface area contributed by atoms with Crippen molar-refractivity contribution in [2.45, 2.75) is 19.5 Å². The summed E-state index contributed by atoms with van der Waals surface area (Å²) in [6, 6.07) is 28.9. The molecular weight excluding hydrogens is 330 g/mol. The van der Waals surface area contributed by atoms with Crippen molar-refractivity contribution in [3.05, 3.63) is 102 Å². The zero-order valence-electron chi connectivity index (χ0n) is 13.9. The van der Waals surface area contributed by atoms with Crippen LogP contribution >= 0.6 is 11.6 Å². The SMILES string of the molecule is O=C(Cl)Cc1ccc(N(Cc2ccccc2)Cc2ccccc2)cc1. The number of halogens is 1. The topological polar surface area (TPSA) is 20.3 Å². The molecule has 3 rings (SSSR count). The van der Waals surface area contributed by atoms with Gasteiger partial charge in [-0.05, 0) is 40.4 Å². The van der Waals surface area contributed by atoms with Gasteiger partial charge in [0.2, 0.25) is 5.24 Å². The molecule has 0 aliphatic rings. The Morgan fingerprint density at radius 2 is 1.16 bits per heavy atom. The predicted molar refractivity (Wildman–Crippen MR) is 104 cm³/mol. The molecule has 25 heavy (non-hydrogen) atoms.